The Morgan fingerprint density at radius 1 is 1.10 bits per heavy atom. The number of aromatic nitrogens is 2. The maximum absolute atomic E-state index is 4.35. The zero-order chi connectivity index (χ0) is 14.3. The van der Waals surface area contributed by atoms with Crippen LogP contribution >= 0.6 is 0 Å². The van der Waals surface area contributed by atoms with Gasteiger partial charge >= 0.3 is 0 Å². The normalized spacial score (nSPS) is 18.7. The Balaban J connectivity index is 1.48. The highest BCUT2D eigenvalue weighted by atomic mass is 15.3. The number of rotatable bonds is 5. The van der Waals surface area contributed by atoms with Crippen LogP contribution in [0, 0.1) is 0 Å². The quantitative estimate of drug-likeness (QED) is 0.913. The number of nitrogens with zero attached hydrogens (tertiary/aromatic N) is 3. The molecule has 0 aliphatic carbocycles. The molecule has 0 spiro atoms. The summed E-state index contributed by atoms with van der Waals surface area (Å²) in [5, 5.41) is 3.67. The summed E-state index contributed by atoms with van der Waals surface area (Å²) < 4.78 is 0. The molecule has 1 unspecified atom stereocenters. The van der Waals surface area contributed by atoms with Crippen molar-refractivity contribution in [2.24, 2.45) is 0 Å². The number of anilines is 1. The van der Waals surface area contributed by atoms with Crippen LogP contribution in [0.4, 0.5) is 5.95 Å². The minimum atomic E-state index is 0.534. The van der Waals surface area contributed by atoms with Crippen LogP contribution in [0.25, 0.3) is 0 Å². The second-order valence-corrected chi connectivity index (χ2v) is 5.52. The Hall–Kier alpha value is -1.94. The summed E-state index contributed by atoms with van der Waals surface area (Å²) in [6.45, 7) is 3.08. The first-order valence-electron chi connectivity index (χ1n) is 7.71. The Morgan fingerprint density at radius 3 is 2.71 bits per heavy atom. The van der Waals surface area contributed by atoms with E-state index in [2.05, 4.69) is 50.5 Å². The smallest absolute Gasteiger partial charge is 0.225 e. The molecule has 1 aliphatic heterocycles. The largest absolute Gasteiger partial charge is 0.339 e. The molecule has 2 aromatic rings. The van der Waals surface area contributed by atoms with Gasteiger partial charge in [-0.1, -0.05) is 30.3 Å². The first-order valence-corrected chi connectivity index (χ1v) is 7.71. The Kier molecular flexibility index (Phi) is 4.79. The van der Waals surface area contributed by atoms with E-state index in [0.29, 0.717) is 6.04 Å². The molecule has 3 rings (SSSR count). The fourth-order valence-corrected chi connectivity index (χ4v) is 2.85. The van der Waals surface area contributed by atoms with Crippen LogP contribution in [0.5, 0.6) is 0 Å². The van der Waals surface area contributed by atoms with Gasteiger partial charge in [-0.3, -0.25) is 0 Å². The molecule has 0 saturated carbocycles. The van der Waals surface area contributed by atoms with Gasteiger partial charge in [0.25, 0.3) is 0 Å². The molecule has 21 heavy (non-hydrogen) atoms. The van der Waals surface area contributed by atoms with Crippen molar-refractivity contribution in [1.82, 2.24) is 15.3 Å². The van der Waals surface area contributed by atoms with Gasteiger partial charge < -0.3 is 10.2 Å². The molecule has 0 radical (unpaired) electrons. The lowest BCUT2D eigenvalue weighted by molar-refractivity contribution is 0.421. The van der Waals surface area contributed by atoms with Crippen LogP contribution in [0.2, 0.25) is 0 Å². The monoisotopic (exact) mass is 282 g/mol. The van der Waals surface area contributed by atoms with E-state index < -0.39 is 0 Å². The molecular weight excluding hydrogens is 260 g/mol. The first kappa shape index (κ1) is 14.0. The van der Waals surface area contributed by atoms with Gasteiger partial charge in [0, 0.05) is 31.5 Å². The Morgan fingerprint density at radius 2 is 1.90 bits per heavy atom. The van der Waals surface area contributed by atoms with Crippen LogP contribution in [0.3, 0.4) is 0 Å². The van der Waals surface area contributed by atoms with Crippen LogP contribution in [0.15, 0.2) is 48.8 Å². The molecule has 1 aromatic carbocycles. The number of benzene rings is 1. The van der Waals surface area contributed by atoms with E-state index in [1.54, 1.807) is 0 Å². The van der Waals surface area contributed by atoms with Gasteiger partial charge in [-0.2, -0.15) is 0 Å². The summed E-state index contributed by atoms with van der Waals surface area (Å²) in [6.07, 6.45) is 7.14. The number of hydrogen-bond donors (Lipinski definition) is 1. The average Bonchev–Trinajstić information content (AvgIpc) is 2.57. The SMILES string of the molecule is c1ccc(CCNC2CCCN(c3ncccn3)C2)cc1. The lowest BCUT2D eigenvalue weighted by Crippen LogP contribution is -2.46. The second kappa shape index (κ2) is 7.18. The van der Waals surface area contributed by atoms with Crippen molar-refractivity contribution in [2.45, 2.75) is 25.3 Å². The summed E-state index contributed by atoms with van der Waals surface area (Å²) in [4.78, 5) is 11.0. The van der Waals surface area contributed by atoms with E-state index >= 15 is 0 Å². The van der Waals surface area contributed by atoms with E-state index in [-0.39, 0.29) is 0 Å². The molecule has 110 valence electrons. The van der Waals surface area contributed by atoms with Crippen molar-refractivity contribution in [2.75, 3.05) is 24.5 Å². The molecule has 2 heterocycles. The van der Waals surface area contributed by atoms with Crippen LogP contribution < -0.4 is 10.2 Å². The van der Waals surface area contributed by atoms with Crippen LogP contribution in [-0.2, 0) is 6.42 Å². The predicted octanol–water partition coefficient (Wildman–Crippen LogP) is 2.28. The van der Waals surface area contributed by atoms with Crippen molar-refractivity contribution >= 4 is 5.95 Å². The van der Waals surface area contributed by atoms with E-state index in [1.807, 2.05) is 18.5 Å². The predicted molar refractivity (Wildman–Crippen MR) is 85.4 cm³/mol. The molecule has 1 aliphatic rings. The van der Waals surface area contributed by atoms with E-state index in [4.69, 9.17) is 0 Å². The molecule has 1 fully saturated rings. The first-order chi connectivity index (χ1) is 10.4. The number of nitrogens with one attached hydrogen (secondary N) is 1. The van der Waals surface area contributed by atoms with E-state index in [1.165, 1.54) is 18.4 Å². The average molecular weight is 282 g/mol. The van der Waals surface area contributed by atoms with Gasteiger partial charge in [0.15, 0.2) is 0 Å². The second-order valence-electron chi connectivity index (χ2n) is 5.52. The fraction of sp³-hybridized carbons (Fsp3) is 0.412. The van der Waals surface area contributed by atoms with Gasteiger partial charge in [0.2, 0.25) is 5.95 Å². The maximum atomic E-state index is 4.35. The molecular formula is C17H22N4. The lowest BCUT2D eigenvalue weighted by Gasteiger charge is -2.33. The Bertz CT molecular complexity index is 529. The third kappa shape index (κ3) is 4.02. The fourth-order valence-electron chi connectivity index (χ4n) is 2.85. The molecule has 0 amide bonds. The number of piperidine rings is 1. The minimum Gasteiger partial charge on any atom is -0.339 e. The highest BCUT2D eigenvalue weighted by Crippen LogP contribution is 2.15. The topological polar surface area (TPSA) is 41.0 Å². The van der Waals surface area contributed by atoms with Gasteiger partial charge in [0.1, 0.15) is 0 Å². The van der Waals surface area contributed by atoms with Gasteiger partial charge in [0.05, 0.1) is 0 Å². The zero-order valence-electron chi connectivity index (χ0n) is 12.3. The zero-order valence-corrected chi connectivity index (χ0v) is 12.3. The van der Waals surface area contributed by atoms with Crippen molar-refractivity contribution < 1.29 is 0 Å². The van der Waals surface area contributed by atoms with Crippen molar-refractivity contribution in [3.8, 4) is 0 Å². The third-order valence-corrected chi connectivity index (χ3v) is 3.95. The summed E-state index contributed by atoms with van der Waals surface area (Å²) in [5.74, 6) is 0.854. The third-order valence-electron chi connectivity index (χ3n) is 3.95. The van der Waals surface area contributed by atoms with E-state index in [9.17, 15) is 0 Å². The molecule has 1 N–H and O–H groups in total. The maximum Gasteiger partial charge on any atom is 0.225 e. The van der Waals surface area contributed by atoms with Gasteiger partial charge in [-0.25, -0.2) is 9.97 Å². The van der Waals surface area contributed by atoms with Crippen molar-refractivity contribution in [3.63, 3.8) is 0 Å². The highest BCUT2D eigenvalue weighted by molar-refractivity contribution is 5.29. The van der Waals surface area contributed by atoms with Crippen LogP contribution in [0.1, 0.15) is 18.4 Å². The summed E-state index contributed by atoms with van der Waals surface area (Å²) in [7, 11) is 0. The molecule has 0 bridgehead atoms. The number of hydrogen-bond acceptors (Lipinski definition) is 4. The summed E-state index contributed by atoms with van der Waals surface area (Å²) in [6, 6.07) is 13.0. The van der Waals surface area contributed by atoms with Gasteiger partial charge in [-0.05, 0) is 37.4 Å². The molecule has 1 atom stereocenters. The molecule has 1 aromatic heterocycles. The van der Waals surface area contributed by atoms with Crippen molar-refractivity contribution in [1.29, 1.82) is 0 Å². The summed E-state index contributed by atoms with van der Waals surface area (Å²) >= 11 is 0. The standard InChI is InChI=1S/C17H22N4/c1-2-6-15(7-3-1)9-12-18-16-8-4-13-21(14-16)17-19-10-5-11-20-17/h1-3,5-7,10-11,16,18H,4,8-9,12-14H2. The highest BCUT2D eigenvalue weighted by Gasteiger charge is 2.20. The molecule has 1 saturated heterocycles. The summed E-state index contributed by atoms with van der Waals surface area (Å²) in [5.41, 5.74) is 1.39. The van der Waals surface area contributed by atoms with Crippen LogP contribution in [-0.4, -0.2) is 35.6 Å². The van der Waals surface area contributed by atoms with E-state index in [0.717, 1.165) is 32.0 Å². The lowest BCUT2D eigenvalue weighted by atomic mass is 10.1. The minimum absolute atomic E-state index is 0.534. The Labute approximate surface area is 126 Å². The molecule has 4 nitrogen and oxygen atoms in total. The van der Waals surface area contributed by atoms with Crippen molar-refractivity contribution in [3.05, 3.63) is 54.4 Å². The molecule has 4 heteroatoms. The van der Waals surface area contributed by atoms with Gasteiger partial charge in [-0.15, -0.1) is 0 Å².